The third kappa shape index (κ3) is 0.858. The van der Waals surface area contributed by atoms with E-state index in [0.29, 0.717) is 0 Å². The quantitative estimate of drug-likeness (QED) is 0.842. The fourth-order valence-corrected chi connectivity index (χ4v) is 4.60. The summed E-state index contributed by atoms with van der Waals surface area (Å²) in [7, 11) is 0. The molecule has 1 N–H and O–H groups in total. The van der Waals surface area contributed by atoms with E-state index >= 15 is 0 Å². The van der Waals surface area contributed by atoms with E-state index in [1.807, 2.05) is 6.07 Å². The second-order valence-electron chi connectivity index (χ2n) is 5.89. The van der Waals surface area contributed by atoms with Crippen molar-refractivity contribution in [3.8, 4) is 0 Å². The molecule has 2 nitrogen and oxygen atoms in total. The molecule has 3 unspecified atom stereocenters. The van der Waals surface area contributed by atoms with E-state index in [1.165, 1.54) is 27.8 Å². The Morgan fingerprint density at radius 1 is 1.05 bits per heavy atom. The fraction of sp³-hybridized carbons (Fsp3) is 0.235. The summed E-state index contributed by atoms with van der Waals surface area (Å²) in [6.07, 6.45) is 0.746. The predicted octanol–water partition coefficient (Wildman–Crippen LogP) is 2.88. The molecule has 0 amide bonds. The topological polar surface area (TPSA) is 37.3 Å². The van der Waals surface area contributed by atoms with Gasteiger partial charge in [0.2, 0.25) is 0 Å². The Morgan fingerprint density at radius 3 is 2.63 bits per heavy atom. The van der Waals surface area contributed by atoms with Crippen LogP contribution in [0.3, 0.4) is 0 Å². The lowest BCUT2D eigenvalue weighted by molar-refractivity contribution is -0.143. The van der Waals surface area contributed by atoms with Crippen molar-refractivity contribution in [3.05, 3.63) is 70.3 Å². The van der Waals surface area contributed by atoms with Crippen molar-refractivity contribution in [2.24, 2.45) is 5.92 Å². The molecule has 0 heterocycles. The molecular formula is C17H12O2. The van der Waals surface area contributed by atoms with Crippen LogP contribution in [0.5, 0.6) is 0 Å². The summed E-state index contributed by atoms with van der Waals surface area (Å²) < 4.78 is 0. The van der Waals surface area contributed by atoms with Crippen LogP contribution < -0.4 is 0 Å². The van der Waals surface area contributed by atoms with Crippen LogP contribution in [0, 0.1) is 5.92 Å². The SMILES string of the molecule is O=C(O)C1CC23c4ccccc4C1c1cccc2c13. The van der Waals surface area contributed by atoms with Crippen molar-refractivity contribution in [2.75, 3.05) is 0 Å². The van der Waals surface area contributed by atoms with E-state index in [-0.39, 0.29) is 17.3 Å². The molecule has 0 fully saturated rings. The van der Waals surface area contributed by atoms with Crippen LogP contribution in [-0.2, 0) is 10.2 Å². The molecule has 19 heavy (non-hydrogen) atoms. The molecule has 2 aromatic carbocycles. The third-order valence-electron chi connectivity index (χ3n) is 5.26. The number of hydrogen-bond donors (Lipinski definition) is 1. The molecule has 0 radical (unpaired) electrons. The Balaban J connectivity index is 1.90. The molecule has 6 rings (SSSR count). The second kappa shape index (κ2) is 2.74. The van der Waals surface area contributed by atoms with Gasteiger partial charge in [0.25, 0.3) is 0 Å². The minimum atomic E-state index is -0.656. The highest BCUT2D eigenvalue weighted by atomic mass is 16.4. The van der Waals surface area contributed by atoms with Crippen molar-refractivity contribution in [2.45, 2.75) is 17.8 Å². The number of carbonyl (C=O) groups is 1. The molecule has 2 bridgehead atoms. The van der Waals surface area contributed by atoms with Gasteiger partial charge in [0, 0.05) is 11.3 Å². The van der Waals surface area contributed by atoms with E-state index in [9.17, 15) is 9.90 Å². The molecule has 2 aromatic rings. The largest absolute Gasteiger partial charge is 0.481 e. The molecule has 4 aliphatic carbocycles. The number of rotatable bonds is 1. The van der Waals surface area contributed by atoms with Gasteiger partial charge in [0.05, 0.1) is 5.92 Å². The van der Waals surface area contributed by atoms with Crippen molar-refractivity contribution in [3.63, 3.8) is 0 Å². The highest BCUT2D eigenvalue weighted by Crippen LogP contribution is 2.71. The average Bonchev–Trinajstić information content (AvgIpc) is 3.10. The highest BCUT2D eigenvalue weighted by Gasteiger charge is 2.64. The molecule has 2 heteroatoms. The summed E-state index contributed by atoms with van der Waals surface area (Å²) in [6.45, 7) is 0. The first-order chi connectivity index (χ1) is 9.25. The Kier molecular flexibility index (Phi) is 1.41. The van der Waals surface area contributed by atoms with Gasteiger partial charge in [-0.2, -0.15) is 0 Å². The van der Waals surface area contributed by atoms with E-state index in [2.05, 4.69) is 36.4 Å². The normalized spacial score (nSPS) is 31.6. The molecule has 92 valence electrons. The van der Waals surface area contributed by atoms with Crippen LogP contribution in [0.1, 0.15) is 40.2 Å². The Labute approximate surface area is 110 Å². The number of aliphatic carboxylic acids is 1. The first-order valence-electron chi connectivity index (χ1n) is 6.71. The maximum Gasteiger partial charge on any atom is 0.307 e. The fourth-order valence-electron chi connectivity index (χ4n) is 4.60. The average molecular weight is 248 g/mol. The van der Waals surface area contributed by atoms with Crippen LogP contribution in [0.4, 0.5) is 0 Å². The Morgan fingerprint density at radius 2 is 1.79 bits per heavy atom. The lowest BCUT2D eigenvalue weighted by Crippen LogP contribution is -2.38. The van der Waals surface area contributed by atoms with Gasteiger partial charge < -0.3 is 5.11 Å². The molecule has 0 aliphatic heterocycles. The lowest BCUT2D eigenvalue weighted by Gasteiger charge is -2.41. The van der Waals surface area contributed by atoms with Gasteiger partial charge >= 0.3 is 5.97 Å². The first kappa shape index (κ1) is 9.79. The van der Waals surface area contributed by atoms with Gasteiger partial charge in [-0.15, -0.1) is 0 Å². The first-order valence-corrected chi connectivity index (χ1v) is 6.71. The second-order valence-corrected chi connectivity index (χ2v) is 5.89. The van der Waals surface area contributed by atoms with E-state index < -0.39 is 5.97 Å². The maximum absolute atomic E-state index is 11.6. The van der Waals surface area contributed by atoms with Gasteiger partial charge in [-0.05, 0) is 34.2 Å². The van der Waals surface area contributed by atoms with E-state index in [1.54, 1.807) is 0 Å². The van der Waals surface area contributed by atoms with Crippen molar-refractivity contribution in [1.82, 2.24) is 0 Å². The van der Waals surface area contributed by atoms with E-state index in [0.717, 1.165) is 6.42 Å². The number of fused-ring (bicyclic) bond motifs is 1. The standard InChI is InChI=1S/C17H12O2/c18-16(19)11-8-17-12-6-2-1-4-9(12)14(11)10-5-3-7-13(17)15(10)17/h1-7,11,14H,8H2,(H,18,19). The minimum Gasteiger partial charge on any atom is -0.481 e. The monoisotopic (exact) mass is 248 g/mol. The Hall–Kier alpha value is -2.09. The summed E-state index contributed by atoms with van der Waals surface area (Å²) >= 11 is 0. The summed E-state index contributed by atoms with van der Waals surface area (Å²) in [5.74, 6) is -0.882. The zero-order chi connectivity index (χ0) is 12.8. The Bertz CT molecular complexity index is 762. The zero-order valence-electron chi connectivity index (χ0n) is 10.3. The molecule has 0 saturated carbocycles. The van der Waals surface area contributed by atoms with Crippen molar-refractivity contribution in [1.29, 1.82) is 0 Å². The van der Waals surface area contributed by atoms with Crippen LogP contribution in [0.2, 0.25) is 0 Å². The number of carboxylic acid groups (broad SMARTS) is 1. The van der Waals surface area contributed by atoms with Gasteiger partial charge in [-0.1, -0.05) is 42.5 Å². The highest BCUT2D eigenvalue weighted by molar-refractivity contribution is 5.84. The summed E-state index contributed by atoms with van der Waals surface area (Å²) in [6, 6.07) is 14.8. The predicted molar refractivity (Wildman–Crippen MR) is 70.4 cm³/mol. The van der Waals surface area contributed by atoms with Crippen molar-refractivity contribution >= 4 is 5.97 Å². The number of hydrogen-bond acceptors (Lipinski definition) is 1. The van der Waals surface area contributed by atoms with Gasteiger partial charge in [0.15, 0.2) is 0 Å². The summed E-state index contributed by atoms with van der Waals surface area (Å²) in [4.78, 5) is 11.6. The molecule has 0 saturated heterocycles. The van der Waals surface area contributed by atoms with Gasteiger partial charge in [-0.25, -0.2) is 0 Å². The lowest BCUT2D eigenvalue weighted by atomic mass is 9.60. The van der Waals surface area contributed by atoms with Crippen LogP contribution in [0.25, 0.3) is 0 Å². The number of benzene rings is 2. The van der Waals surface area contributed by atoms with Crippen LogP contribution >= 0.6 is 0 Å². The maximum atomic E-state index is 11.6. The third-order valence-corrected chi connectivity index (χ3v) is 5.26. The summed E-state index contributed by atoms with van der Waals surface area (Å²) in [5, 5.41) is 9.57. The minimum absolute atomic E-state index is 0.0491. The molecule has 0 aromatic heterocycles. The molecule has 4 aliphatic rings. The van der Waals surface area contributed by atoms with Crippen molar-refractivity contribution < 1.29 is 9.90 Å². The summed E-state index contributed by atoms with van der Waals surface area (Å²) in [5.41, 5.74) is 6.57. The van der Waals surface area contributed by atoms with E-state index in [4.69, 9.17) is 0 Å². The van der Waals surface area contributed by atoms with Gasteiger partial charge in [0.1, 0.15) is 0 Å². The smallest absolute Gasteiger partial charge is 0.307 e. The molecule has 1 spiro atoms. The van der Waals surface area contributed by atoms with Crippen LogP contribution in [-0.4, -0.2) is 11.1 Å². The zero-order valence-corrected chi connectivity index (χ0v) is 10.3. The van der Waals surface area contributed by atoms with Gasteiger partial charge in [-0.3, -0.25) is 4.79 Å². The molecule has 3 atom stereocenters. The van der Waals surface area contributed by atoms with Crippen LogP contribution in [0.15, 0.2) is 42.5 Å². The number of carboxylic acids is 1. The molecular weight excluding hydrogens is 236 g/mol.